The summed E-state index contributed by atoms with van der Waals surface area (Å²) in [6.45, 7) is 5.25. The lowest BCUT2D eigenvalue weighted by Gasteiger charge is -2.33. The van der Waals surface area contributed by atoms with Crippen molar-refractivity contribution in [2.45, 2.75) is 33.1 Å². The highest BCUT2D eigenvalue weighted by Gasteiger charge is 2.40. The van der Waals surface area contributed by atoms with Crippen molar-refractivity contribution in [1.29, 1.82) is 0 Å². The Morgan fingerprint density at radius 3 is 2.46 bits per heavy atom. The molecule has 2 aromatic rings. The maximum Gasteiger partial charge on any atom is 0.310 e. The van der Waals surface area contributed by atoms with Crippen molar-refractivity contribution in [2.24, 2.45) is 5.41 Å². The number of hydrogen-bond donors (Lipinski definition) is 1. The van der Waals surface area contributed by atoms with Crippen LogP contribution in [0, 0.1) is 19.3 Å². The number of aliphatic carboxylic acids is 1. The Hall–Kier alpha value is -2.13. The normalized spacial score (nSPS) is 16.8. The minimum absolute atomic E-state index is 0.526. The highest BCUT2D eigenvalue weighted by atomic mass is 16.5. The molecule has 0 atom stereocenters. The lowest BCUT2D eigenvalue weighted by atomic mass is 9.74. The summed E-state index contributed by atoms with van der Waals surface area (Å²) in [4.78, 5) is 12.0. The predicted molar refractivity (Wildman–Crippen MR) is 95.2 cm³/mol. The van der Waals surface area contributed by atoms with Crippen molar-refractivity contribution < 1.29 is 14.6 Å². The van der Waals surface area contributed by atoms with Crippen LogP contribution in [-0.4, -0.2) is 24.3 Å². The quantitative estimate of drug-likeness (QED) is 0.907. The Balaban J connectivity index is 2.01. The number of ether oxygens (including phenoxy) is 1. The number of carboxylic acids is 1. The van der Waals surface area contributed by atoms with E-state index in [2.05, 4.69) is 44.2 Å². The second-order valence-corrected chi connectivity index (χ2v) is 6.85. The topological polar surface area (TPSA) is 46.5 Å². The molecule has 3 rings (SSSR count). The van der Waals surface area contributed by atoms with Crippen molar-refractivity contribution in [3.8, 4) is 11.1 Å². The molecule has 0 bridgehead atoms. The zero-order valence-electron chi connectivity index (χ0n) is 14.3. The van der Waals surface area contributed by atoms with Gasteiger partial charge >= 0.3 is 5.97 Å². The van der Waals surface area contributed by atoms with Gasteiger partial charge in [0.2, 0.25) is 0 Å². The molecule has 1 aliphatic rings. The summed E-state index contributed by atoms with van der Waals surface area (Å²) in [7, 11) is 0. The molecule has 0 aliphatic carbocycles. The highest BCUT2D eigenvalue weighted by molar-refractivity contribution is 5.77. The monoisotopic (exact) mass is 324 g/mol. The average Bonchev–Trinajstić information content (AvgIpc) is 2.56. The number of carboxylic acid groups (broad SMARTS) is 1. The third kappa shape index (κ3) is 3.22. The molecule has 0 saturated carbocycles. The van der Waals surface area contributed by atoms with E-state index in [1.54, 1.807) is 0 Å². The van der Waals surface area contributed by atoms with Crippen molar-refractivity contribution in [1.82, 2.24) is 0 Å². The lowest BCUT2D eigenvalue weighted by Crippen LogP contribution is -2.39. The van der Waals surface area contributed by atoms with E-state index in [9.17, 15) is 9.90 Å². The van der Waals surface area contributed by atoms with E-state index in [1.165, 1.54) is 16.7 Å². The van der Waals surface area contributed by atoms with Crippen LogP contribution in [-0.2, 0) is 16.0 Å². The highest BCUT2D eigenvalue weighted by Crippen LogP contribution is 2.38. The Morgan fingerprint density at radius 1 is 1.08 bits per heavy atom. The van der Waals surface area contributed by atoms with Crippen molar-refractivity contribution in [3.05, 3.63) is 59.2 Å². The van der Waals surface area contributed by atoms with Crippen molar-refractivity contribution in [3.63, 3.8) is 0 Å². The second-order valence-electron chi connectivity index (χ2n) is 6.85. The molecule has 0 unspecified atom stereocenters. The van der Waals surface area contributed by atoms with Gasteiger partial charge in [-0.1, -0.05) is 48.0 Å². The van der Waals surface area contributed by atoms with Crippen molar-refractivity contribution in [2.75, 3.05) is 13.2 Å². The Bertz CT molecular complexity index is 742. The average molecular weight is 324 g/mol. The molecule has 2 aromatic carbocycles. The summed E-state index contributed by atoms with van der Waals surface area (Å²) in [5.41, 5.74) is 5.17. The van der Waals surface area contributed by atoms with E-state index in [-0.39, 0.29) is 0 Å². The molecule has 0 aromatic heterocycles. The molecule has 0 radical (unpaired) electrons. The van der Waals surface area contributed by atoms with Crippen LogP contribution < -0.4 is 0 Å². The molecule has 0 spiro atoms. The first kappa shape index (κ1) is 16.7. The smallest absolute Gasteiger partial charge is 0.310 e. The zero-order chi connectivity index (χ0) is 17.2. The van der Waals surface area contributed by atoms with Gasteiger partial charge in [0.05, 0.1) is 5.41 Å². The summed E-state index contributed by atoms with van der Waals surface area (Å²) >= 11 is 0. The summed E-state index contributed by atoms with van der Waals surface area (Å²) < 4.78 is 5.40. The molecule has 1 fully saturated rings. The van der Waals surface area contributed by atoms with Gasteiger partial charge in [-0.25, -0.2) is 0 Å². The van der Waals surface area contributed by atoms with E-state index in [4.69, 9.17) is 4.74 Å². The Morgan fingerprint density at radius 2 is 1.79 bits per heavy atom. The van der Waals surface area contributed by atoms with Gasteiger partial charge in [-0.3, -0.25) is 4.79 Å². The predicted octanol–water partition coefficient (Wildman–Crippen LogP) is 4.39. The van der Waals surface area contributed by atoms with E-state index in [0.29, 0.717) is 32.5 Å². The van der Waals surface area contributed by atoms with Crippen LogP contribution in [0.3, 0.4) is 0 Å². The van der Waals surface area contributed by atoms with Gasteiger partial charge in [0.1, 0.15) is 0 Å². The fourth-order valence-corrected chi connectivity index (χ4v) is 3.65. The number of hydrogen-bond acceptors (Lipinski definition) is 2. The first-order valence-corrected chi connectivity index (χ1v) is 8.48. The second kappa shape index (κ2) is 6.78. The molecule has 0 amide bonds. The first-order valence-electron chi connectivity index (χ1n) is 8.48. The van der Waals surface area contributed by atoms with Gasteiger partial charge in [-0.2, -0.15) is 0 Å². The van der Waals surface area contributed by atoms with E-state index in [0.717, 1.165) is 11.1 Å². The molecular formula is C21H24O3. The largest absolute Gasteiger partial charge is 0.481 e. The SMILES string of the molecule is Cc1ccc(-c2ccccc2CC2(C(=O)O)CCOCC2)c(C)c1. The van der Waals surface area contributed by atoms with Gasteiger partial charge in [0.25, 0.3) is 0 Å². The van der Waals surface area contributed by atoms with Gasteiger partial charge in [-0.15, -0.1) is 0 Å². The van der Waals surface area contributed by atoms with Gasteiger partial charge in [0.15, 0.2) is 0 Å². The zero-order valence-corrected chi connectivity index (χ0v) is 14.3. The first-order chi connectivity index (χ1) is 11.5. The lowest BCUT2D eigenvalue weighted by molar-refractivity contribution is -0.154. The van der Waals surface area contributed by atoms with Crippen LogP contribution in [0.5, 0.6) is 0 Å². The minimum atomic E-state index is -0.715. The third-order valence-corrected chi connectivity index (χ3v) is 5.12. The summed E-state index contributed by atoms with van der Waals surface area (Å²) in [5, 5.41) is 9.85. The molecule has 126 valence electrons. The summed E-state index contributed by atoms with van der Waals surface area (Å²) in [6, 6.07) is 14.6. The molecule has 1 N–H and O–H groups in total. The standard InChI is InChI=1S/C21H24O3/c1-15-7-8-18(16(2)13-15)19-6-4-3-5-17(19)14-21(20(22)23)9-11-24-12-10-21/h3-8,13H,9-12,14H2,1-2H3,(H,22,23). The Labute approximate surface area is 143 Å². The van der Waals surface area contributed by atoms with Gasteiger partial charge in [0, 0.05) is 13.2 Å². The number of aryl methyl sites for hydroxylation is 2. The summed E-state index contributed by atoms with van der Waals surface area (Å²) in [6.07, 6.45) is 1.70. The fourth-order valence-electron chi connectivity index (χ4n) is 3.65. The molecule has 24 heavy (non-hydrogen) atoms. The van der Waals surface area contributed by atoms with Crippen LogP contribution >= 0.6 is 0 Å². The maximum absolute atomic E-state index is 12.0. The molecule has 3 nitrogen and oxygen atoms in total. The van der Waals surface area contributed by atoms with Crippen molar-refractivity contribution >= 4 is 5.97 Å². The third-order valence-electron chi connectivity index (χ3n) is 5.12. The molecule has 1 heterocycles. The van der Waals surface area contributed by atoms with Crippen LogP contribution in [0.1, 0.15) is 29.5 Å². The number of carbonyl (C=O) groups is 1. The molecule has 1 aliphatic heterocycles. The summed E-state index contributed by atoms with van der Waals surface area (Å²) in [5.74, 6) is -0.707. The van der Waals surface area contributed by atoms with E-state index in [1.807, 2.05) is 12.1 Å². The minimum Gasteiger partial charge on any atom is -0.481 e. The van der Waals surface area contributed by atoms with Gasteiger partial charge < -0.3 is 9.84 Å². The van der Waals surface area contributed by atoms with E-state index < -0.39 is 11.4 Å². The fraction of sp³-hybridized carbons (Fsp3) is 0.381. The van der Waals surface area contributed by atoms with Gasteiger partial charge in [-0.05, 0) is 55.4 Å². The van der Waals surface area contributed by atoms with Crippen LogP contribution in [0.25, 0.3) is 11.1 Å². The maximum atomic E-state index is 12.0. The van der Waals surface area contributed by atoms with Crippen LogP contribution in [0.15, 0.2) is 42.5 Å². The molecule has 3 heteroatoms. The van der Waals surface area contributed by atoms with Crippen LogP contribution in [0.4, 0.5) is 0 Å². The van der Waals surface area contributed by atoms with E-state index >= 15 is 0 Å². The number of rotatable bonds is 4. The molecule has 1 saturated heterocycles. The Kier molecular flexibility index (Phi) is 4.72. The van der Waals surface area contributed by atoms with Crippen LogP contribution in [0.2, 0.25) is 0 Å². The molecular weight excluding hydrogens is 300 g/mol. The number of benzene rings is 2.